The lowest BCUT2D eigenvalue weighted by Crippen LogP contribution is -2.45. The number of benzene rings is 2. The van der Waals surface area contributed by atoms with Crippen molar-refractivity contribution in [3.05, 3.63) is 77.2 Å². The van der Waals surface area contributed by atoms with Crippen molar-refractivity contribution in [1.82, 2.24) is 9.80 Å². The number of carbonyl (C=O) groups is 4. The van der Waals surface area contributed by atoms with Crippen molar-refractivity contribution in [3.8, 4) is 5.75 Å². The zero-order valence-corrected chi connectivity index (χ0v) is 19.3. The second-order valence-corrected chi connectivity index (χ2v) is 9.15. The highest BCUT2D eigenvalue weighted by Crippen LogP contribution is 2.35. The number of thiocarbonyl (C=S) groups is 1. The minimum atomic E-state index is -1.08. The van der Waals surface area contributed by atoms with Crippen LogP contribution >= 0.6 is 24.0 Å². The Morgan fingerprint density at radius 3 is 2.53 bits per heavy atom. The molecule has 4 rings (SSSR count). The smallest absolute Gasteiger partial charge is 0.266 e. The molecule has 2 aromatic rings. The fraction of sp³-hybridized carbons (Fsp3) is 0.125. The van der Waals surface area contributed by atoms with Crippen molar-refractivity contribution in [1.29, 1.82) is 0 Å². The van der Waals surface area contributed by atoms with Gasteiger partial charge in [-0.05, 0) is 35.9 Å². The van der Waals surface area contributed by atoms with Crippen molar-refractivity contribution < 1.29 is 24.3 Å². The molecule has 2 aliphatic rings. The van der Waals surface area contributed by atoms with E-state index in [9.17, 15) is 24.3 Å². The molecule has 0 aliphatic carbocycles. The first-order chi connectivity index (χ1) is 16.3. The first-order valence-corrected chi connectivity index (χ1v) is 11.5. The number of likely N-dealkylation sites (tertiary alicyclic amines) is 1. The second-order valence-electron chi connectivity index (χ2n) is 7.48. The summed E-state index contributed by atoms with van der Waals surface area (Å²) >= 11 is 6.37. The van der Waals surface area contributed by atoms with Crippen LogP contribution in [0.5, 0.6) is 5.75 Å². The lowest BCUT2D eigenvalue weighted by atomic mass is 10.2. The van der Waals surface area contributed by atoms with E-state index in [0.29, 0.717) is 10.6 Å². The van der Waals surface area contributed by atoms with Crippen LogP contribution in [0, 0.1) is 0 Å². The van der Waals surface area contributed by atoms with Gasteiger partial charge in [0, 0.05) is 5.69 Å². The van der Waals surface area contributed by atoms with Crippen LogP contribution in [0.4, 0.5) is 5.69 Å². The third-order valence-corrected chi connectivity index (χ3v) is 6.49. The number of allylic oxidation sites excluding steroid dienone is 2. The Labute approximate surface area is 204 Å². The maximum Gasteiger partial charge on any atom is 0.266 e. The zero-order chi connectivity index (χ0) is 24.2. The molecule has 0 aromatic heterocycles. The number of aromatic hydroxyl groups is 1. The largest absolute Gasteiger partial charge is 0.508 e. The molecule has 1 unspecified atom stereocenters. The molecule has 0 saturated carbocycles. The standard InChI is InChI=1S/C24H19N3O5S2/c28-17-11-9-16(10-12-17)25-20(29)14-26-21(30)13-18(22(26)31)27-23(32)19(34-24(27)33)8-4-7-15-5-2-1-3-6-15/h1-12,18,28H,13-14H2,(H,25,29)/b7-4+,19-8-. The Kier molecular flexibility index (Phi) is 6.90. The van der Waals surface area contributed by atoms with Crippen LogP contribution in [-0.4, -0.2) is 55.4 Å². The Bertz CT molecular complexity index is 1220. The van der Waals surface area contributed by atoms with Crippen molar-refractivity contribution in [2.45, 2.75) is 12.5 Å². The number of nitrogens with zero attached hydrogens (tertiary/aromatic N) is 2. The Morgan fingerprint density at radius 2 is 1.82 bits per heavy atom. The molecule has 2 heterocycles. The van der Waals surface area contributed by atoms with Crippen LogP contribution in [-0.2, 0) is 19.2 Å². The van der Waals surface area contributed by atoms with Crippen molar-refractivity contribution in [3.63, 3.8) is 0 Å². The van der Waals surface area contributed by atoms with E-state index >= 15 is 0 Å². The summed E-state index contributed by atoms with van der Waals surface area (Å²) in [6.45, 7) is -0.487. The molecular weight excluding hydrogens is 474 g/mol. The summed E-state index contributed by atoms with van der Waals surface area (Å²) in [5.41, 5.74) is 1.37. The van der Waals surface area contributed by atoms with Crippen molar-refractivity contribution in [2.24, 2.45) is 0 Å². The number of imide groups is 1. The van der Waals surface area contributed by atoms with Gasteiger partial charge in [-0.1, -0.05) is 66.5 Å². The number of anilines is 1. The molecule has 0 bridgehead atoms. The predicted octanol–water partition coefficient (Wildman–Crippen LogP) is 2.92. The lowest BCUT2D eigenvalue weighted by Gasteiger charge is -2.21. The van der Waals surface area contributed by atoms with Gasteiger partial charge in [0.05, 0.1) is 11.3 Å². The molecule has 0 spiro atoms. The number of phenols is 1. The molecule has 172 valence electrons. The van der Waals surface area contributed by atoms with Gasteiger partial charge in [-0.2, -0.15) is 0 Å². The molecule has 10 heteroatoms. The first kappa shape index (κ1) is 23.4. The van der Waals surface area contributed by atoms with E-state index in [4.69, 9.17) is 12.2 Å². The van der Waals surface area contributed by atoms with Crippen molar-refractivity contribution in [2.75, 3.05) is 11.9 Å². The summed E-state index contributed by atoms with van der Waals surface area (Å²) in [5, 5.41) is 11.9. The van der Waals surface area contributed by atoms with Gasteiger partial charge < -0.3 is 10.4 Å². The highest BCUT2D eigenvalue weighted by molar-refractivity contribution is 8.26. The predicted molar refractivity (Wildman–Crippen MR) is 132 cm³/mol. The molecule has 1 atom stereocenters. The fourth-order valence-electron chi connectivity index (χ4n) is 3.50. The van der Waals surface area contributed by atoms with Gasteiger partial charge >= 0.3 is 0 Å². The molecule has 2 aromatic carbocycles. The Balaban J connectivity index is 1.42. The van der Waals surface area contributed by atoms with Gasteiger partial charge in [0.1, 0.15) is 22.7 Å². The number of phenolic OH excluding ortho intramolecular Hbond substituents is 1. The van der Waals surface area contributed by atoms with E-state index < -0.39 is 36.2 Å². The highest BCUT2D eigenvalue weighted by Gasteiger charge is 2.48. The molecular formula is C24H19N3O5S2. The Morgan fingerprint density at radius 1 is 1.12 bits per heavy atom. The van der Waals surface area contributed by atoms with Gasteiger partial charge in [0.15, 0.2) is 0 Å². The minimum absolute atomic E-state index is 0.0406. The van der Waals surface area contributed by atoms with Gasteiger partial charge in [-0.15, -0.1) is 0 Å². The fourth-order valence-corrected chi connectivity index (χ4v) is 4.80. The number of nitrogens with one attached hydrogen (secondary N) is 1. The summed E-state index contributed by atoms with van der Waals surface area (Å²) in [6, 6.07) is 14.2. The van der Waals surface area contributed by atoms with E-state index in [0.717, 1.165) is 27.1 Å². The number of thioether (sulfide) groups is 1. The van der Waals surface area contributed by atoms with Crippen LogP contribution in [0.25, 0.3) is 6.08 Å². The average Bonchev–Trinajstić information content (AvgIpc) is 3.25. The summed E-state index contributed by atoms with van der Waals surface area (Å²) in [7, 11) is 0. The summed E-state index contributed by atoms with van der Waals surface area (Å²) in [4.78, 5) is 53.0. The summed E-state index contributed by atoms with van der Waals surface area (Å²) in [6.07, 6.45) is 4.94. The molecule has 34 heavy (non-hydrogen) atoms. The number of hydrogen-bond acceptors (Lipinski definition) is 7. The van der Waals surface area contributed by atoms with E-state index in [-0.39, 0.29) is 16.5 Å². The minimum Gasteiger partial charge on any atom is -0.508 e. The van der Waals surface area contributed by atoms with E-state index in [1.54, 1.807) is 12.2 Å². The monoisotopic (exact) mass is 493 g/mol. The third kappa shape index (κ3) is 5.08. The van der Waals surface area contributed by atoms with Gasteiger partial charge in [0.2, 0.25) is 11.8 Å². The molecule has 2 aliphatic heterocycles. The lowest BCUT2D eigenvalue weighted by molar-refractivity contribution is -0.143. The van der Waals surface area contributed by atoms with Crippen LogP contribution in [0.3, 0.4) is 0 Å². The van der Waals surface area contributed by atoms with Crippen LogP contribution in [0.1, 0.15) is 12.0 Å². The molecule has 0 radical (unpaired) electrons. The molecule has 2 saturated heterocycles. The number of hydrogen-bond donors (Lipinski definition) is 2. The SMILES string of the molecule is O=C(CN1C(=O)CC(N2C(=O)/C(=C/C=C/c3ccccc3)SC2=S)C1=O)Nc1ccc(O)cc1. The van der Waals surface area contributed by atoms with Crippen LogP contribution in [0.2, 0.25) is 0 Å². The average molecular weight is 494 g/mol. The van der Waals surface area contributed by atoms with E-state index in [1.165, 1.54) is 24.3 Å². The summed E-state index contributed by atoms with van der Waals surface area (Å²) in [5.74, 6) is -2.20. The van der Waals surface area contributed by atoms with Crippen LogP contribution < -0.4 is 5.32 Å². The van der Waals surface area contributed by atoms with E-state index in [2.05, 4.69) is 5.32 Å². The van der Waals surface area contributed by atoms with Gasteiger partial charge in [-0.3, -0.25) is 29.0 Å². The third-order valence-electron chi connectivity index (χ3n) is 5.14. The molecule has 8 nitrogen and oxygen atoms in total. The van der Waals surface area contributed by atoms with Crippen molar-refractivity contribution >= 4 is 63.7 Å². The van der Waals surface area contributed by atoms with Gasteiger partial charge in [0.25, 0.3) is 11.8 Å². The highest BCUT2D eigenvalue weighted by atomic mass is 32.2. The number of amides is 4. The quantitative estimate of drug-likeness (QED) is 0.276. The second kappa shape index (κ2) is 10.0. The maximum absolute atomic E-state index is 12.9. The molecule has 4 amide bonds. The topological polar surface area (TPSA) is 107 Å². The summed E-state index contributed by atoms with van der Waals surface area (Å²) < 4.78 is 0.186. The van der Waals surface area contributed by atoms with Gasteiger partial charge in [-0.25, -0.2) is 0 Å². The van der Waals surface area contributed by atoms with Crippen LogP contribution in [0.15, 0.2) is 71.7 Å². The normalized spacial score (nSPS) is 19.6. The zero-order valence-electron chi connectivity index (χ0n) is 17.7. The molecule has 2 N–H and O–H groups in total. The van der Waals surface area contributed by atoms with E-state index in [1.807, 2.05) is 36.4 Å². The maximum atomic E-state index is 12.9. The number of carbonyl (C=O) groups excluding carboxylic acids is 4. The first-order valence-electron chi connectivity index (χ1n) is 10.3. The number of rotatable bonds is 6. The molecule has 2 fully saturated rings. The Hall–Kier alpha value is -3.76.